The van der Waals surface area contributed by atoms with Crippen LogP contribution < -0.4 is 14.8 Å². The number of rotatable bonds is 4. The molecule has 0 amide bonds. The minimum atomic E-state index is -3.75. The first-order valence-electron chi connectivity index (χ1n) is 7.08. The molecule has 1 saturated heterocycles. The Balaban J connectivity index is 0.00000192. The van der Waals surface area contributed by atoms with Crippen molar-refractivity contribution in [1.82, 2.24) is 10.2 Å². The molecule has 0 aromatic heterocycles. The van der Waals surface area contributed by atoms with E-state index in [9.17, 15) is 17.6 Å². The fraction of sp³-hybridized carbons (Fsp3) is 0.571. The van der Waals surface area contributed by atoms with Gasteiger partial charge in [-0.05, 0) is 6.07 Å². The van der Waals surface area contributed by atoms with E-state index in [0.717, 1.165) is 0 Å². The van der Waals surface area contributed by atoms with Crippen LogP contribution in [0.2, 0.25) is 0 Å². The molecule has 3 rings (SSSR count). The molecular formula is C14H17ClF4N2O2. The minimum Gasteiger partial charge on any atom is -0.395 e. The number of para-hydroxylation sites is 1. The number of hydrogen-bond donors (Lipinski definition) is 1. The maximum Gasteiger partial charge on any atom is 0.586 e. The van der Waals surface area contributed by atoms with Crippen LogP contribution in [0.1, 0.15) is 18.0 Å². The van der Waals surface area contributed by atoms with Crippen LogP contribution in [0.15, 0.2) is 18.2 Å². The third kappa shape index (κ3) is 3.99. The van der Waals surface area contributed by atoms with Crippen LogP contribution in [0.5, 0.6) is 11.5 Å². The Hall–Kier alpha value is -1.25. The molecule has 4 nitrogen and oxygen atoms in total. The lowest BCUT2D eigenvalue weighted by atomic mass is 10.00. The van der Waals surface area contributed by atoms with Crippen molar-refractivity contribution < 1.29 is 27.0 Å². The van der Waals surface area contributed by atoms with Gasteiger partial charge in [0.2, 0.25) is 6.43 Å². The SMILES string of the molecule is Cl.FC(F)C[C@@H](c1cccc2c1OC(F)(F)O2)N1CCNCC1. The van der Waals surface area contributed by atoms with Gasteiger partial charge in [0.1, 0.15) is 0 Å². The molecule has 1 aromatic carbocycles. The Kier molecular flexibility index (Phi) is 5.59. The van der Waals surface area contributed by atoms with E-state index < -0.39 is 25.2 Å². The average molecular weight is 357 g/mol. The lowest BCUT2D eigenvalue weighted by molar-refractivity contribution is -0.287. The molecule has 0 aliphatic carbocycles. The summed E-state index contributed by atoms with van der Waals surface area (Å²) >= 11 is 0. The van der Waals surface area contributed by atoms with Gasteiger partial charge < -0.3 is 14.8 Å². The molecular weight excluding hydrogens is 340 g/mol. The number of nitrogens with zero attached hydrogens (tertiary/aromatic N) is 1. The van der Waals surface area contributed by atoms with Crippen LogP contribution in [0.3, 0.4) is 0 Å². The van der Waals surface area contributed by atoms with Crippen molar-refractivity contribution in [2.75, 3.05) is 26.2 Å². The topological polar surface area (TPSA) is 33.7 Å². The Bertz CT molecular complexity index is 542. The van der Waals surface area contributed by atoms with Crippen molar-refractivity contribution in [2.45, 2.75) is 25.2 Å². The number of hydrogen-bond acceptors (Lipinski definition) is 4. The second-order valence-electron chi connectivity index (χ2n) is 5.27. The summed E-state index contributed by atoms with van der Waals surface area (Å²) in [7, 11) is 0. The van der Waals surface area contributed by atoms with Gasteiger partial charge in [0.25, 0.3) is 0 Å². The Morgan fingerprint density at radius 2 is 1.87 bits per heavy atom. The van der Waals surface area contributed by atoms with Gasteiger partial charge in [0, 0.05) is 44.2 Å². The molecule has 9 heteroatoms. The summed E-state index contributed by atoms with van der Waals surface area (Å²) in [4.78, 5) is 1.86. The van der Waals surface area contributed by atoms with E-state index in [4.69, 9.17) is 0 Å². The highest BCUT2D eigenvalue weighted by Crippen LogP contribution is 2.47. The molecule has 0 spiro atoms. The highest BCUT2D eigenvalue weighted by molar-refractivity contribution is 5.85. The summed E-state index contributed by atoms with van der Waals surface area (Å²) in [5.41, 5.74) is 0.317. The van der Waals surface area contributed by atoms with Crippen molar-refractivity contribution in [1.29, 1.82) is 0 Å². The quantitative estimate of drug-likeness (QED) is 0.841. The van der Waals surface area contributed by atoms with Crippen LogP contribution in [-0.2, 0) is 0 Å². The first kappa shape index (κ1) is 18.1. The summed E-state index contributed by atoms with van der Waals surface area (Å²) < 4.78 is 61.4. The van der Waals surface area contributed by atoms with Gasteiger partial charge in [-0.3, -0.25) is 4.90 Å². The molecule has 1 fully saturated rings. The number of piperazine rings is 1. The zero-order valence-corrected chi connectivity index (χ0v) is 12.9. The van der Waals surface area contributed by atoms with Gasteiger partial charge in [0.05, 0.1) is 0 Å². The van der Waals surface area contributed by atoms with E-state index in [-0.39, 0.29) is 23.9 Å². The van der Waals surface area contributed by atoms with E-state index in [2.05, 4.69) is 14.8 Å². The lowest BCUT2D eigenvalue weighted by Crippen LogP contribution is -2.45. The van der Waals surface area contributed by atoms with Gasteiger partial charge in [-0.25, -0.2) is 8.78 Å². The number of halogens is 5. The van der Waals surface area contributed by atoms with Crippen LogP contribution in [0.25, 0.3) is 0 Å². The Labute approximate surface area is 137 Å². The summed E-state index contributed by atoms with van der Waals surface area (Å²) in [6, 6.07) is 3.71. The van der Waals surface area contributed by atoms with Gasteiger partial charge in [-0.1, -0.05) is 12.1 Å². The number of ether oxygens (including phenoxy) is 2. The highest BCUT2D eigenvalue weighted by atomic mass is 35.5. The lowest BCUT2D eigenvalue weighted by Gasteiger charge is -2.35. The van der Waals surface area contributed by atoms with Crippen LogP contribution >= 0.6 is 12.4 Å². The zero-order valence-electron chi connectivity index (χ0n) is 12.1. The van der Waals surface area contributed by atoms with Gasteiger partial charge in [-0.15, -0.1) is 21.2 Å². The van der Waals surface area contributed by atoms with Crippen molar-refractivity contribution >= 4 is 12.4 Å². The largest absolute Gasteiger partial charge is 0.586 e. The van der Waals surface area contributed by atoms with E-state index in [0.29, 0.717) is 31.7 Å². The fourth-order valence-electron chi connectivity index (χ4n) is 2.89. The second kappa shape index (κ2) is 7.11. The van der Waals surface area contributed by atoms with Crippen LogP contribution in [0.4, 0.5) is 17.6 Å². The normalized spacial score (nSPS) is 21.1. The number of alkyl halides is 4. The molecule has 1 atom stereocenters. The summed E-state index contributed by atoms with van der Waals surface area (Å²) in [5.74, 6) is -0.256. The number of nitrogens with one attached hydrogen (secondary N) is 1. The first-order valence-corrected chi connectivity index (χ1v) is 7.08. The summed E-state index contributed by atoms with van der Waals surface area (Å²) in [5, 5.41) is 3.13. The zero-order chi connectivity index (χ0) is 15.7. The Morgan fingerprint density at radius 1 is 1.17 bits per heavy atom. The molecule has 0 bridgehead atoms. The molecule has 23 heavy (non-hydrogen) atoms. The third-order valence-electron chi connectivity index (χ3n) is 3.81. The maximum atomic E-state index is 13.3. The molecule has 0 radical (unpaired) electrons. The van der Waals surface area contributed by atoms with Crippen molar-refractivity contribution in [2.24, 2.45) is 0 Å². The third-order valence-corrected chi connectivity index (χ3v) is 3.81. The van der Waals surface area contributed by atoms with Gasteiger partial charge in [-0.2, -0.15) is 0 Å². The summed E-state index contributed by atoms with van der Waals surface area (Å²) in [6.45, 7) is 2.47. The predicted molar refractivity (Wildman–Crippen MR) is 77.7 cm³/mol. The van der Waals surface area contributed by atoms with Crippen molar-refractivity contribution in [3.05, 3.63) is 23.8 Å². The Morgan fingerprint density at radius 3 is 2.52 bits per heavy atom. The first-order chi connectivity index (χ1) is 10.5. The van der Waals surface area contributed by atoms with E-state index in [1.807, 2.05) is 4.90 Å². The molecule has 130 valence electrons. The van der Waals surface area contributed by atoms with Gasteiger partial charge >= 0.3 is 6.29 Å². The van der Waals surface area contributed by atoms with E-state index in [1.165, 1.54) is 12.1 Å². The van der Waals surface area contributed by atoms with Crippen molar-refractivity contribution in [3.63, 3.8) is 0 Å². The van der Waals surface area contributed by atoms with E-state index in [1.54, 1.807) is 6.07 Å². The van der Waals surface area contributed by atoms with Crippen LogP contribution in [0, 0.1) is 0 Å². The number of fused-ring (bicyclic) bond motifs is 1. The molecule has 2 aliphatic rings. The van der Waals surface area contributed by atoms with Crippen LogP contribution in [-0.4, -0.2) is 43.8 Å². The standard InChI is InChI=1S/C14H16F4N2O2.ClH/c15-12(16)8-10(20-6-4-19-5-7-20)9-2-1-3-11-13(9)22-14(17,18)21-11;/h1-3,10,12,19H,4-8H2;1H/t10-;/m0./s1. The highest BCUT2D eigenvalue weighted by Gasteiger charge is 2.45. The van der Waals surface area contributed by atoms with Gasteiger partial charge in [0.15, 0.2) is 11.5 Å². The minimum absolute atomic E-state index is 0. The number of benzene rings is 1. The molecule has 1 aromatic rings. The molecule has 0 unspecified atom stereocenters. The molecule has 2 aliphatic heterocycles. The maximum absolute atomic E-state index is 13.3. The molecule has 2 heterocycles. The summed E-state index contributed by atoms with van der Waals surface area (Å²) in [6.07, 6.45) is -6.73. The monoisotopic (exact) mass is 356 g/mol. The smallest absolute Gasteiger partial charge is 0.395 e. The molecule has 0 saturated carbocycles. The average Bonchev–Trinajstić information content (AvgIpc) is 2.79. The fourth-order valence-corrected chi connectivity index (χ4v) is 2.89. The van der Waals surface area contributed by atoms with E-state index >= 15 is 0 Å². The molecule has 1 N–H and O–H groups in total. The second-order valence-corrected chi connectivity index (χ2v) is 5.27. The van der Waals surface area contributed by atoms with Crippen molar-refractivity contribution in [3.8, 4) is 11.5 Å². The predicted octanol–water partition coefficient (Wildman–Crippen LogP) is 3.03.